The van der Waals surface area contributed by atoms with Crippen LogP contribution >= 0.6 is 0 Å². The number of ether oxygens (including phenoxy) is 1. The molecule has 1 atom stereocenters. The number of rotatable bonds is 8. The zero-order chi connectivity index (χ0) is 17.4. The summed E-state index contributed by atoms with van der Waals surface area (Å²) in [6.45, 7) is 2.48. The largest absolute Gasteiger partial charge is 0.467 e. The summed E-state index contributed by atoms with van der Waals surface area (Å²) in [5.74, 6) is -0.541. The van der Waals surface area contributed by atoms with Gasteiger partial charge in [0.25, 0.3) is 5.91 Å². The van der Waals surface area contributed by atoms with Crippen LogP contribution in [0.15, 0.2) is 47.1 Å². The first kappa shape index (κ1) is 17.7. The maximum absolute atomic E-state index is 12.1. The molecule has 0 saturated heterocycles. The number of hydrogen-bond acceptors (Lipinski definition) is 5. The monoisotopic (exact) mass is 330 g/mol. The van der Waals surface area contributed by atoms with Crippen molar-refractivity contribution < 1.29 is 18.7 Å². The van der Waals surface area contributed by atoms with E-state index in [0.29, 0.717) is 24.4 Å². The number of carbonyl (C=O) groups excluding carboxylic acids is 2. The van der Waals surface area contributed by atoms with E-state index in [1.807, 2.05) is 30.3 Å². The summed E-state index contributed by atoms with van der Waals surface area (Å²) in [4.78, 5) is 24.3. The molecule has 3 N–H and O–H groups in total. The predicted octanol–water partition coefficient (Wildman–Crippen LogP) is 1.89. The second-order valence-corrected chi connectivity index (χ2v) is 5.35. The van der Waals surface area contributed by atoms with Crippen molar-refractivity contribution in [2.75, 3.05) is 13.2 Å². The molecule has 2 rings (SSSR count). The van der Waals surface area contributed by atoms with E-state index >= 15 is 0 Å². The van der Waals surface area contributed by atoms with Gasteiger partial charge in [0.05, 0.1) is 24.6 Å². The average Bonchev–Trinajstić information content (AvgIpc) is 3.08. The van der Waals surface area contributed by atoms with Gasteiger partial charge in [-0.3, -0.25) is 9.59 Å². The van der Waals surface area contributed by atoms with Gasteiger partial charge in [-0.05, 0) is 25.0 Å². The molecule has 2 aromatic rings. The molecule has 0 bridgehead atoms. The summed E-state index contributed by atoms with van der Waals surface area (Å²) < 4.78 is 10.3. The summed E-state index contributed by atoms with van der Waals surface area (Å²) in [6, 6.07) is 11.2. The molecule has 1 unspecified atom stereocenters. The summed E-state index contributed by atoms with van der Waals surface area (Å²) in [7, 11) is 0. The first-order chi connectivity index (χ1) is 11.6. The van der Waals surface area contributed by atoms with Gasteiger partial charge in [0, 0.05) is 6.54 Å². The van der Waals surface area contributed by atoms with E-state index < -0.39 is 5.92 Å². The number of nitrogens with two attached hydrogens (primary N) is 1. The summed E-state index contributed by atoms with van der Waals surface area (Å²) in [5, 5.41) is 2.76. The number of amides is 1. The molecule has 128 valence electrons. The first-order valence-electron chi connectivity index (χ1n) is 7.90. The van der Waals surface area contributed by atoms with E-state index in [-0.39, 0.29) is 25.0 Å². The summed E-state index contributed by atoms with van der Waals surface area (Å²) in [6.07, 6.45) is 1.85. The summed E-state index contributed by atoms with van der Waals surface area (Å²) >= 11 is 0. The minimum atomic E-state index is -0.447. The molecule has 1 amide bonds. The Labute approximate surface area is 141 Å². The zero-order valence-corrected chi connectivity index (χ0v) is 13.7. The lowest BCUT2D eigenvalue weighted by Crippen LogP contribution is -2.35. The maximum atomic E-state index is 12.1. The minimum absolute atomic E-state index is 0.190. The van der Waals surface area contributed by atoms with Crippen molar-refractivity contribution in [1.29, 1.82) is 0 Å². The van der Waals surface area contributed by atoms with Crippen LogP contribution in [0.25, 0.3) is 0 Å². The number of esters is 1. The highest BCUT2D eigenvalue weighted by atomic mass is 16.5. The highest BCUT2D eigenvalue weighted by Gasteiger charge is 2.22. The standard InChI is InChI=1S/C18H22N2O4/c1-2-23-18(22)14(8-13-6-4-3-5-7-13)11-20-17(21)15-9-16(10-19)24-12-15/h3-7,9,12,14H,2,8,10-11,19H2,1H3,(H,20,21). The Morgan fingerprint density at radius 3 is 2.67 bits per heavy atom. The molecule has 0 saturated carbocycles. The molecule has 1 aromatic carbocycles. The van der Waals surface area contributed by atoms with E-state index in [2.05, 4.69) is 5.32 Å². The van der Waals surface area contributed by atoms with Gasteiger partial charge >= 0.3 is 5.97 Å². The van der Waals surface area contributed by atoms with Crippen LogP contribution in [0.5, 0.6) is 0 Å². The Hall–Kier alpha value is -2.60. The third-order valence-corrected chi connectivity index (χ3v) is 3.57. The zero-order valence-electron chi connectivity index (χ0n) is 13.7. The van der Waals surface area contributed by atoms with E-state index in [1.165, 1.54) is 6.26 Å². The van der Waals surface area contributed by atoms with Crippen molar-refractivity contribution in [3.05, 3.63) is 59.5 Å². The van der Waals surface area contributed by atoms with Crippen molar-refractivity contribution in [3.63, 3.8) is 0 Å². The third kappa shape index (κ3) is 4.96. The Bertz CT molecular complexity index is 667. The molecule has 1 aromatic heterocycles. The first-order valence-corrected chi connectivity index (χ1v) is 7.90. The smallest absolute Gasteiger partial charge is 0.311 e. The average molecular weight is 330 g/mol. The molecular formula is C18H22N2O4. The molecule has 0 radical (unpaired) electrons. The number of carbonyl (C=O) groups is 2. The van der Waals surface area contributed by atoms with Crippen LogP contribution in [0.3, 0.4) is 0 Å². The fourth-order valence-corrected chi connectivity index (χ4v) is 2.32. The highest BCUT2D eigenvalue weighted by molar-refractivity contribution is 5.94. The lowest BCUT2D eigenvalue weighted by molar-refractivity contribution is -0.147. The van der Waals surface area contributed by atoms with Crippen molar-refractivity contribution in [1.82, 2.24) is 5.32 Å². The van der Waals surface area contributed by atoms with Crippen molar-refractivity contribution in [3.8, 4) is 0 Å². The number of nitrogens with one attached hydrogen (secondary N) is 1. The van der Waals surface area contributed by atoms with Crippen LogP contribution in [-0.4, -0.2) is 25.0 Å². The minimum Gasteiger partial charge on any atom is -0.467 e. The normalized spacial score (nSPS) is 11.8. The van der Waals surface area contributed by atoms with E-state index in [4.69, 9.17) is 14.9 Å². The third-order valence-electron chi connectivity index (χ3n) is 3.57. The summed E-state index contributed by atoms with van der Waals surface area (Å²) in [5.41, 5.74) is 6.86. The van der Waals surface area contributed by atoms with Gasteiger partial charge in [0.15, 0.2) is 0 Å². The van der Waals surface area contributed by atoms with Crippen molar-refractivity contribution in [2.24, 2.45) is 11.7 Å². The quantitative estimate of drug-likeness (QED) is 0.721. The highest BCUT2D eigenvalue weighted by Crippen LogP contribution is 2.11. The van der Waals surface area contributed by atoms with Crippen molar-refractivity contribution >= 4 is 11.9 Å². The van der Waals surface area contributed by atoms with Gasteiger partial charge in [0.2, 0.25) is 0 Å². The van der Waals surface area contributed by atoms with Crippen molar-refractivity contribution in [2.45, 2.75) is 19.9 Å². The molecule has 0 aliphatic rings. The molecule has 0 spiro atoms. The molecule has 24 heavy (non-hydrogen) atoms. The van der Waals surface area contributed by atoms with Crippen LogP contribution in [-0.2, 0) is 22.5 Å². The molecule has 6 nitrogen and oxygen atoms in total. The molecule has 0 aliphatic heterocycles. The van der Waals surface area contributed by atoms with Gasteiger partial charge in [-0.15, -0.1) is 0 Å². The maximum Gasteiger partial charge on any atom is 0.311 e. The second kappa shape index (κ2) is 8.88. The molecule has 1 heterocycles. The van der Waals surface area contributed by atoms with Gasteiger partial charge in [-0.1, -0.05) is 30.3 Å². The van der Waals surface area contributed by atoms with Crippen LogP contribution in [0.2, 0.25) is 0 Å². The lowest BCUT2D eigenvalue weighted by atomic mass is 9.99. The van der Waals surface area contributed by atoms with Crippen LogP contribution < -0.4 is 11.1 Å². The SMILES string of the molecule is CCOC(=O)C(CNC(=O)c1coc(CN)c1)Cc1ccccc1. The van der Waals surface area contributed by atoms with Gasteiger partial charge in [-0.2, -0.15) is 0 Å². The topological polar surface area (TPSA) is 94.6 Å². The number of furan rings is 1. The fourth-order valence-electron chi connectivity index (χ4n) is 2.32. The fraction of sp³-hybridized carbons (Fsp3) is 0.333. The second-order valence-electron chi connectivity index (χ2n) is 5.35. The Balaban J connectivity index is 1.99. The Morgan fingerprint density at radius 1 is 1.29 bits per heavy atom. The Morgan fingerprint density at radius 2 is 2.04 bits per heavy atom. The molecular weight excluding hydrogens is 308 g/mol. The molecule has 0 aliphatic carbocycles. The van der Waals surface area contributed by atoms with E-state index in [0.717, 1.165) is 5.56 Å². The van der Waals surface area contributed by atoms with Crippen LogP contribution in [0.1, 0.15) is 28.6 Å². The van der Waals surface area contributed by atoms with Gasteiger partial charge in [0.1, 0.15) is 12.0 Å². The number of benzene rings is 1. The van der Waals surface area contributed by atoms with Gasteiger partial charge in [-0.25, -0.2) is 0 Å². The molecule has 6 heteroatoms. The van der Waals surface area contributed by atoms with Crippen LogP contribution in [0, 0.1) is 5.92 Å². The van der Waals surface area contributed by atoms with Gasteiger partial charge < -0.3 is 20.2 Å². The molecule has 0 fully saturated rings. The number of hydrogen-bond donors (Lipinski definition) is 2. The van der Waals surface area contributed by atoms with Crippen LogP contribution in [0.4, 0.5) is 0 Å². The van der Waals surface area contributed by atoms with E-state index in [9.17, 15) is 9.59 Å². The lowest BCUT2D eigenvalue weighted by Gasteiger charge is -2.16. The Kier molecular flexibility index (Phi) is 6.57. The predicted molar refractivity (Wildman–Crippen MR) is 89.2 cm³/mol. The van der Waals surface area contributed by atoms with E-state index in [1.54, 1.807) is 13.0 Å².